The number of ether oxygens (including phenoxy) is 2. The zero-order chi connectivity index (χ0) is 21.0. The third kappa shape index (κ3) is 4.44. The standard InChI is InChI=1S/C24H30N2O3/c1-17(2)21-22(29-5)25-24(3,15-18-9-7-6-8-10-18)23(27)26(21)16-19-11-13-20(28-4)14-12-19/h6-14,17,21H,15-16H2,1-5H3/t21-,24-/m0/s1. The number of benzene rings is 2. The Morgan fingerprint density at radius 3 is 2.21 bits per heavy atom. The first-order valence-corrected chi connectivity index (χ1v) is 9.99. The van der Waals surface area contributed by atoms with E-state index in [0.29, 0.717) is 18.9 Å². The van der Waals surface area contributed by atoms with Crippen molar-refractivity contribution in [3.8, 4) is 5.75 Å². The van der Waals surface area contributed by atoms with Crippen molar-refractivity contribution >= 4 is 11.8 Å². The van der Waals surface area contributed by atoms with Gasteiger partial charge in [0.1, 0.15) is 17.3 Å². The molecule has 0 spiro atoms. The van der Waals surface area contributed by atoms with Crippen LogP contribution in [0, 0.1) is 5.92 Å². The van der Waals surface area contributed by atoms with Crippen LogP contribution in [0.25, 0.3) is 0 Å². The Morgan fingerprint density at radius 2 is 1.66 bits per heavy atom. The van der Waals surface area contributed by atoms with Gasteiger partial charge in [-0.3, -0.25) is 4.79 Å². The van der Waals surface area contributed by atoms with Gasteiger partial charge in [-0.15, -0.1) is 0 Å². The molecule has 2 atom stereocenters. The topological polar surface area (TPSA) is 51.1 Å². The number of methoxy groups -OCH3 is 2. The third-order valence-corrected chi connectivity index (χ3v) is 5.41. The zero-order valence-electron chi connectivity index (χ0n) is 17.9. The van der Waals surface area contributed by atoms with Gasteiger partial charge in [0.15, 0.2) is 0 Å². The van der Waals surface area contributed by atoms with Crippen LogP contribution >= 0.6 is 0 Å². The van der Waals surface area contributed by atoms with Gasteiger partial charge in [-0.25, -0.2) is 4.99 Å². The number of carbonyl (C=O) groups is 1. The number of hydrogen-bond acceptors (Lipinski definition) is 4. The van der Waals surface area contributed by atoms with Crippen LogP contribution in [0.3, 0.4) is 0 Å². The van der Waals surface area contributed by atoms with Crippen LogP contribution in [0.2, 0.25) is 0 Å². The van der Waals surface area contributed by atoms with Crippen molar-refractivity contribution in [2.24, 2.45) is 10.9 Å². The minimum absolute atomic E-state index is 0.0247. The molecule has 1 heterocycles. The smallest absolute Gasteiger partial charge is 0.251 e. The molecule has 0 bridgehead atoms. The molecular weight excluding hydrogens is 364 g/mol. The fourth-order valence-corrected chi connectivity index (χ4v) is 3.94. The molecule has 0 fully saturated rings. The lowest BCUT2D eigenvalue weighted by Gasteiger charge is -2.43. The van der Waals surface area contributed by atoms with E-state index < -0.39 is 5.54 Å². The van der Waals surface area contributed by atoms with E-state index in [1.165, 1.54) is 0 Å². The van der Waals surface area contributed by atoms with Gasteiger partial charge in [-0.05, 0) is 36.1 Å². The summed E-state index contributed by atoms with van der Waals surface area (Å²) in [5.74, 6) is 1.62. The highest BCUT2D eigenvalue weighted by atomic mass is 16.5. The van der Waals surface area contributed by atoms with Crippen molar-refractivity contribution in [2.45, 2.75) is 45.3 Å². The summed E-state index contributed by atoms with van der Waals surface area (Å²) in [5.41, 5.74) is 1.23. The SMILES string of the molecule is COC1=N[C@@](C)(Cc2ccccc2)C(=O)N(Cc2ccc(OC)cc2)[C@H]1C(C)C. The van der Waals surface area contributed by atoms with Crippen LogP contribution in [0.15, 0.2) is 59.6 Å². The number of amides is 1. The molecule has 0 aromatic heterocycles. The molecule has 1 aliphatic heterocycles. The fraction of sp³-hybridized carbons (Fsp3) is 0.417. The molecule has 0 saturated heterocycles. The number of carbonyl (C=O) groups excluding carboxylic acids is 1. The Morgan fingerprint density at radius 1 is 1.00 bits per heavy atom. The summed E-state index contributed by atoms with van der Waals surface area (Å²) < 4.78 is 10.9. The summed E-state index contributed by atoms with van der Waals surface area (Å²) in [6.45, 7) is 6.58. The van der Waals surface area contributed by atoms with Gasteiger partial charge in [-0.2, -0.15) is 0 Å². The molecule has 0 radical (unpaired) electrons. The van der Waals surface area contributed by atoms with E-state index in [1.54, 1.807) is 14.2 Å². The lowest BCUT2D eigenvalue weighted by Crippen LogP contribution is -2.60. The Kier molecular flexibility index (Phi) is 6.26. The molecule has 2 aromatic rings. The number of aliphatic imine (C=N–C) groups is 1. The monoisotopic (exact) mass is 394 g/mol. The number of nitrogens with zero attached hydrogens (tertiary/aromatic N) is 2. The van der Waals surface area contributed by atoms with Crippen LogP contribution in [-0.4, -0.2) is 42.5 Å². The van der Waals surface area contributed by atoms with E-state index in [0.717, 1.165) is 16.9 Å². The van der Waals surface area contributed by atoms with Crippen LogP contribution in [0.1, 0.15) is 31.9 Å². The highest BCUT2D eigenvalue weighted by Crippen LogP contribution is 2.31. The quantitative estimate of drug-likeness (QED) is 0.741. The third-order valence-electron chi connectivity index (χ3n) is 5.41. The molecule has 0 aliphatic carbocycles. The molecule has 0 unspecified atom stereocenters. The van der Waals surface area contributed by atoms with Crippen molar-refractivity contribution < 1.29 is 14.3 Å². The summed E-state index contributed by atoms with van der Waals surface area (Å²) in [6.07, 6.45) is 0.531. The number of rotatable bonds is 6. The van der Waals surface area contributed by atoms with Crippen LogP contribution < -0.4 is 4.74 Å². The van der Waals surface area contributed by atoms with Gasteiger partial charge in [0, 0.05) is 13.0 Å². The minimum atomic E-state index is -0.898. The molecule has 29 heavy (non-hydrogen) atoms. The average molecular weight is 395 g/mol. The number of hydrogen-bond donors (Lipinski definition) is 0. The van der Waals surface area contributed by atoms with E-state index in [9.17, 15) is 4.79 Å². The highest BCUT2D eigenvalue weighted by Gasteiger charge is 2.47. The molecule has 1 aliphatic rings. The zero-order valence-corrected chi connectivity index (χ0v) is 17.9. The molecule has 2 aromatic carbocycles. The van der Waals surface area contributed by atoms with E-state index in [2.05, 4.69) is 13.8 Å². The van der Waals surface area contributed by atoms with E-state index in [1.807, 2.05) is 66.4 Å². The summed E-state index contributed by atoms with van der Waals surface area (Å²) in [7, 11) is 3.28. The van der Waals surface area contributed by atoms with Crippen molar-refractivity contribution in [2.75, 3.05) is 14.2 Å². The van der Waals surface area contributed by atoms with Gasteiger partial charge in [0.25, 0.3) is 5.91 Å². The van der Waals surface area contributed by atoms with Gasteiger partial charge in [-0.1, -0.05) is 56.3 Å². The summed E-state index contributed by atoms with van der Waals surface area (Å²) >= 11 is 0. The van der Waals surface area contributed by atoms with E-state index >= 15 is 0 Å². The van der Waals surface area contributed by atoms with E-state index in [-0.39, 0.29) is 17.9 Å². The second-order valence-electron chi connectivity index (χ2n) is 8.06. The molecule has 5 heteroatoms. The largest absolute Gasteiger partial charge is 0.497 e. The Labute approximate surface area is 173 Å². The van der Waals surface area contributed by atoms with Gasteiger partial charge >= 0.3 is 0 Å². The highest BCUT2D eigenvalue weighted by molar-refractivity contribution is 5.98. The summed E-state index contributed by atoms with van der Waals surface area (Å²) in [4.78, 5) is 20.4. The Bertz CT molecular complexity index is 861. The van der Waals surface area contributed by atoms with Gasteiger partial charge in [0.05, 0.1) is 14.2 Å². The second kappa shape index (κ2) is 8.68. The van der Waals surface area contributed by atoms with E-state index in [4.69, 9.17) is 14.5 Å². The summed E-state index contributed by atoms with van der Waals surface area (Å²) in [6, 6.07) is 17.6. The van der Waals surface area contributed by atoms with Crippen LogP contribution in [-0.2, 0) is 22.5 Å². The summed E-state index contributed by atoms with van der Waals surface area (Å²) in [5, 5.41) is 0. The Balaban J connectivity index is 1.97. The molecule has 1 amide bonds. The first-order chi connectivity index (χ1) is 13.9. The normalized spacial score (nSPS) is 21.9. The Hall–Kier alpha value is -2.82. The van der Waals surface area contributed by atoms with Crippen molar-refractivity contribution in [3.05, 3.63) is 65.7 Å². The molecule has 3 rings (SSSR count). The minimum Gasteiger partial charge on any atom is -0.497 e. The van der Waals surface area contributed by atoms with Crippen molar-refractivity contribution in [3.63, 3.8) is 0 Å². The van der Waals surface area contributed by atoms with Crippen molar-refractivity contribution in [1.82, 2.24) is 4.90 Å². The molecule has 154 valence electrons. The predicted molar refractivity (Wildman–Crippen MR) is 115 cm³/mol. The maximum Gasteiger partial charge on any atom is 0.251 e. The van der Waals surface area contributed by atoms with Crippen molar-refractivity contribution in [1.29, 1.82) is 0 Å². The van der Waals surface area contributed by atoms with Crippen LogP contribution in [0.5, 0.6) is 5.75 Å². The molecule has 5 nitrogen and oxygen atoms in total. The predicted octanol–water partition coefficient (Wildman–Crippen LogP) is 4.11. The maximum atomic E-state index is 13.7. The van der Waals surface area contributed by atoms with Crippen LogP contribution in [0.4, 0.5) is 0 Å². The molecule has 0 N–H and O–H groups in total. The average Bonchev–Trinajstić information content (AvgIpc) is 2.72. The fourth-order valence-electron chi connectivity index (χ4n) is 3.94. The second-order valence-corrected chi connectivity index (χ2v) is 8.06. The first-order valence-electron chi connectivity index (χ1n) is 9.99. The lowest BCUT2D eigenvalue weighted by molar-refractivity contribution is -0.140. The van der Waals surface area contributed by atoms with Gasteiger partial charge < -0.3 is 14.4 Å². The molecular formula is C24H30N2O3. The maximum absolute atomic E-state index is 13.7. The lowest BCUT2D eigenvalue weighted by atomic mass is 9.87. The van der Waals surface area contributed by atoms with Gasteiger partial charge in [0.2, 0.25) is 5.90 Å². The molecule has 0 saturated carbocycles. The first kappa shape index (κ1) is 20.9.